The Morgan fingerprint density at radius 1 is 1.03 bits per heavy atom. The third-order valence-electron chi connectivity index (χ3n) is 4.67. The molecule has 2 aromatic carbocycles. The summed E-state index contributed by atoms with van der Waals surface area (Å²) in [5.41, 5.74) is -1.45. The lowest BCUT2D eigenvalue weighted by atomic mass is 10.0. The lowest BCUT2D eigenvalue weighted by molar-refractivity contribution is -0.137. The van der Waals surface area contributed by atoms with Gasteiger partial charge in [0.25, 0.3) is 0 Å². The standard InChI is InChI=1S/C19H18F4N2O3S/c20-13-8-10-14(11-9-13)29(27,28)25-12-4-3-7-17(25)18(26)24-16-6-2-1-5-15(16)19(21,22)23/h1-2,5-6,8-11,17H,3-4,7,12H2,(H,24,26)/t17-/m1/s1. The Balaban J connectivity index is 1.89. The molecule has 1 aliphatic rings. The van der Waals surface area contributed by atoms with Gasteiger partial charge in [-0.25, -0.2) is 12.8 Å². The molecule has 5 nitrogen and oxygen atoms in total. The van der Waals surface area contributed by atoms with Gasteiger partial charge in [-0.3, -0.25) is 4.79 Å². The SMILES string of the molecule is O=C(Nc1ccccc1C(F)(F)F)[C@H]1CCCCN1S(=O)(=O)c1ccc(F)cc1. The Labute approximate surface area is 165 Å². The highest BCUT2D eigenvalue weighted by Gasteiger charge is 2.39. The van der Waals surface area contributed by atoms with Crippen LogP contribution in [0.3, 0.4) is 0 Å². The second-order valence-electron chi connectivity index (χ2n) is 6.61. The molecule has 0 unspecified atom stereocenters. The van der Waals surface area contributed by atoms with E-state index in [0.29, 0.717) is 12.8 Å². The van der Waals surface area contributed by atoms with Crippen molar-refractivity contribution in [2.24, 2.45) is 0 Å². The van der Waals surface area contributed by atoms with Gasteiger partial charge in [-0.05, 0) is 49.2 Å². The summed E-state index contributed by atoms with van der Waals surface area (Å²) in [6.07, 6.45) is -3.45. The second-order valence-corrected chi connectivity index (χ2v) is 8.50. The molecule has 0 aromatic heterocycles. The summed E-state index contributed by atoms with van der Waals surface area (Å²) in [7, 11) is -4.12. The molecule has 0 bridgehead atoms. The van der Waals surface area contributed by atoms with E-state index in [1.165, 1.54) is 12.1 Å². The van der Waals surface area contributed by atoms with Crippen LogP contribution in [-0.2, 0) is 21.0 Å². The first-order valence-electron chi connectivity index (χ1n) is 8.85. The number of carbonyl (C=O) groups excluding carboxylic acids is 1. The van der Waals surface area contributed by atoms with Gasteiger partial charge in [0, 0.05) is 6.54 Å². The van der Waals surface area contributed by atoms with E-state index in [9.17, 15) is 30.8 Å². The minimum Gasteiger partial charge on any atom is -0.324 e. The third-order valence-corrected chi connectivity index (χ3v) is 6.59. The van der Waals surface area contributed by atoms with Crippen LogP contribution in [0.2, 0.25) is 0 Å². The average molecular weight is 430 g/mol. The zero-order valence-corrected chi connectivity index (χ0v) is 15.9. The number of halogens is 4. The summed E-state index contributed by atoms with van der Waals surface area (Å²) in [4.78, 5) is 12.6. The number of para-hydroxylation sites is 1. The van der Waals surface area contributed by atoms with Gasteiger partial charge in [-0.15, -0.1) is 0 Å². The summed E-state index contributed by atoms with van der Waals surface area (Å²) >= 11 is 0. The normalized spacial score (nSPS) is 18.4. The Morgan fingerprint density at radius 2 is 1.69 bits per heavy atom. The first-order valence-corrected chi connectivity index (χ1v) is 10.3. The molecule has 1 heterocycles. The van der Waals surface area contributed by atoms with Crippen LogP contribution in [0, 0.1) is 5.82 Å². The minimum absolute atomic E-state index is 0.0404. The highest BCUT2D eigenvalue weighted by atomic mass is 32.2. The van der Waals surface area contributed by atoms with Crippen LogP contribution in [0.4, 0.5) is 23.2 Å². The molecule has 0 radical (unpaired) electrons. The van der Waals surface area contributed by atoms with Crippen LogP contribution >= 0.6 is 0 Å². The molecule has 0 aliphatic carbocycles. The summed E-state index contributed by atoms with van der Waals surface area (Å²) in [6.45, 7) is 0.0404. The number of nitrogens with one attached hydrogen (secondary N) is 1. The highest BCUT2D eigenvalue weighted by Crippen LogP contribution is 2.35. The molecule has 1 amide bonds. The number of hydrogen-bond acceptors (Lipinski definition) is 3. The fraction of sp³-hybridized carbons (Fsp3) is 0.316. The molecular weight excluding hydrogens is 412 g/mol. The minimum atomic E-state index is -4.67. The molecule has 156 valence electrons. The van der Waals surface area contributed by atoms with Crippen LogP contribution in [0.25, 0.3) is 0 Å². The Kier molecular flexibility index (Phi) is 5.95. The first-order chi connectivity index (χ1) is 13.6. The smallest absolute Gasteiger partial charge is 0.324 e. The van der Waals surface area contributed by atoms with E-state index in [4.69, 9.17) is 0 Å². The molecule has 1 aliphatic heterocycles. The third kappa shape index (κ3) is 4.59. The van der Waals surface area contributed by atoms with Crippen LogP contribution in [0.15, 0.2) is 53.4 Å². The van der Waals surface area contributed by atoms with Gasteiger partial charge in [0.05, 0.1) is 16.1 Å². The summed E-state index contributed by atoms with van der Waals surface area (Å²) < 4.78 is 79.5. The van der Waals surface area contributed by atoms with Crippen LogP contribution in [0.1, 0.15) is 24.8 Å². The monoisotopic (exact) mass is 430 g/mol. The van der Waals surface area contributed by atoms with E-state index < -0.39 is 45.2 Å². The molecule has 1 saturated heterocycles. The Hall–Kier alpha value is -2.46. The number of piperidine rings is 1. The zero-order valence-electron chi connectivity index (χ0n) is 15.1. The lowest BCUT2D eigenvalue weighted by Crippen LogP contribution is -2.49. The van der Waals surface area contributed by atoms with E-state index in [2.05, 4.69) is 5.32 Å². The number of carbonyl (C=O) groups is 1. The number of amides is 1. The molecule has 0 spiro atoms. The molecule has 2 aromatic rings. The molecule has 10 heteroatoms. The number of nitrogens with zero attached hydrogens (tertiary/aromatic N) is 1. The summed E-state index contributed by atoms with van der Waals surface area (Å²) in [5.74, 6) is -1.45. The van der Waals surface area contributed by atoms with Crippen molar-refractivity contribution in [3.63, 3.8) is 0 Å². The van der Waals surface area contributed by atoms with Crippen molar-refractivity contribution < 1.29 is 30.8 Å². The fourth-order valence-electron chi connectivity index (χ4n) is 3.25. The number of alkyl halides is 3. The first kappa shape index (κ1) is 21.3. The maximum absolute atomic E-state index is 13.2. The molecule has 3 rings (SSSR count). The largest absolute Gasteiger partial charge is 0.418 e. The van der Waals surface area contributed by atoms with Gasteiger partial charge >= 0.3 is 6.18 Å². The average Bonchev–Trinajstić information content (AvgIpc) is 2.68. The van der Waals surface area contributed by atoms with E-state index in [1.54, 1.807) is 0 Å². The van der Waals surface area contributed by atoms with Gasteiger partial charge in [-0.2, -0.15) is 17.5 Å². The number of anilines is 1. The van der Waals surface area contributed by atoms with E-state index in [-0.39, 0.29) is 17.9 Å². The summed E-state index contributed by atoms with van der Waals surface area (Å²) in [6, 6.07) is 7.49. The number of benzene rings is 2. The van der Waals surface area contributed by atoms with Crippen LogP contribution in [-0.4, -0.2) is 31.2 Å². The van der Waals surface area contributed by atoms with Crippen LogP contribution < -0.4 is 5.32 Å². The second kappa shape index (κ2) is 8.11. The highest BCUT2D eigenvalue weighted by molar-refractivity contribution is 7.89. The fourth-order valence-corrected chi connectivity index (χ4v) is 4.91. The summed E-state index contributed by atoms with van der Waals surface area (Å²) in [5, 5.41) is 2.22. The van der Waals surface area contributed by atoms with Gasteiger partial charge in [0.1, 0.15) is 11.9 Å². The molecular formula is C19H18F4N2O3S. The quantitative estimate of drug-likeness (QED) is 0.745. The Bertz CT molecular complexity index is 991. The van der Waals surface area contributed by atoms with Crippen molar-refractivity contribution in [3.8, 4) is 0 Å². The molecule has 1 N–H and O–H groups in total. The maximum atomic E-state index is 13.2. The van der Waals surface area contributed by atoms with Gasteiger partial charge in [0.15, 0.2) is 0 Å². The van der Waals surface area contributed by atoms with Crippen molar-refractivity contribution in [1.29, 1.82) is 0 Å². The topological polar surface area (TPSA) is 66.5 Å². The van der Waals surface area contributed by atoms with Gasteiger partial charge in [-0.1, -0.05) is 18.6 Å². The van der Waals surface area contributed by atoms with Crippen molar-refractivity contribution in [3.05, 3.63) is 59.9 Å². The van der Waals surface area contributed by atoms with Gasteiger partial charge in [0.2, 0.25) is 15.9 Å². The Morgan fingerprint density at radius 3 is 2.34 bits per heavy atom. The van der Waals surface area contributed by atoms with Crippen molar-refractivity contribution >= 4 is 21.6 Å². The van der Waals surface area contributed by atoms with Gasteiger partial charge < -0.3 is 5.32 Å². The predicted octanol–water partition coefficient (Wildman–Crippen LogP) is 4.03. The van der Waals surface area contributed by atoms with Crippen molar-refractivity contribution in [1.82, 2.24) is 4.31 Å². The molecule has 29 heavy (non-hydrogen) atoms. The number of sulfonamides is 1. The van der Waals surface area contributed by atoms with E-state index in [1.807, 2.05) is 0 Å². The maximum Gasteiger partial charge on any atom is 0.418 e. The lowest BCUT2D eigenvalue weighted by Gasteiger charge is -2.33. The predicted molar refractivity (Wildman–Crippen MR) is 98.0 cm³/mol. The molecule has 1 atom stereocenters. The zero-order chi connectivity index (χ0) is 21.2. The van der Waals surface area contributed by atoms with E-state index in [0.717, 1.165) is 40.7 Å². The number of rotatable bonds is 4. The molecule has 0 saturated carbocycles. The molecule has 1 fully saturated rings. The van der Waals surface area contributed by atoms with Crippen LogP contribution in [0.5, 0.6) is 0 Å². The number of hydrogen-bond donors (Lipinski definition) is 1. The van der Waals surface area contributed by atoms with Crippen molar-refractivity contribution in [2.45, 2.75) is 36.4 Å². The van der Waals surface area contributed by atoms with Crippen molar-refractivity contribution in [2.75, 3.05) is 11.9 Å². The van der Waals surface area contributed by atoms with E-state index >= 15 is 0 Å².